The minimum Gasteiger partial charge on any atom is -0.391 e. The zero-order valence-corrected chi connectivity index (χ0v) is 9.09. The smallest absolute Gasteiger partial charge is 0.310 e. The maximum Gasteiger partial charge on any atom is 0.310 e. The lowest BCUT2D eigenvalue weighted by molar-refractivity contribution is -0.384. The van der Waals surface area contributed by atoms with Gasteiger partial charge in [-0.1, -0.05) is 13.3 Å². The average Bonchev–Trinajstić information content (AvgIpc) is 2.27. The Morgan fingerprint density at radius 3 is 3.06 bits per heavy atom. The Morgan fingerprint density at radius 2 is 2.44 bits per heavy atom. The Hall–Kier alpha value is -1.69. The van der Waals surface area contributed by atoms with Gasteiger partial charge in [0.15, 0.2) is 0 Å². The Bertz CT molecular complexity index is 357. The highest BCUT2D eigenvalue weighted by atomic mass is 16.6. The van der Waals surface area contributed by atoms with Crippen LogP contribution in [0.3, 0.4) is 0 Å². The third-order valence-electron chi connectivity index (χ3n) is 2.15. The lowest BCUT2D eigenvalue weighted by atomic mass is 10.2. The highest BCUT2D eigenvalue weighted by Crippen LogP contribution is 2.21. The van der Waals surface area contributed by atoms with Crippen molar-refractivity contribution in [2.75, 3.05) is 11.9 Å². The quantitative estimate of drug-likeness (QED) is 0.566. The molecule has 1 rings (SSSR count). The van der Waals surface area contributed by atoms with Crippen LogP contribution in [-0.4, -0.2) is 27.7 Å². The van der Waals surface area contributed by atoms with Crippen molar-refractivity contribution in [3.8, 4) is 0 Å². The van der Waals surface area contributed by atoms with E-state index < -0.39 is 11.0 Å². The second kappa shape index (κ2) is 6.02. The summed E-state index contributed by atoms with van der Waals surface area (Å²) in [7, 11) is 0. The first kappa shape index (κ1) is 12.4. The van der Waals surface area contributed by atoms with Gasteiger partial charge >= 0.3 is 5.69 Å². The molecule has 1 aromatic heterocycles. The number of rotatable bonds is 6. The van der Waals surface area contributed by atoms with Crippen molar-refractivity contribution in [3.05, 3.63) is 28.6 Å². The molecule has 1 atom stereocenters. The molecule has 0 aliphatic carbocycles. The number of anilines is 1. The summed E-state index contributed by atoms with van der Waals surface area (Å²) in [6.45, 7) is 2.27. The number of hydrogen-bond acceptors (Lipinski definition) is 5. The predicted molar refractivity (Wildman–Crippen MR) is 60.3 cm³/mol. The Balaban J connectivity index is 2.63. The average molecular weight is 225 g/mol. The highest BCUT2D eigenvalue weighted by Gasteiger charge is 2.13. The SMILES string of the molecule is CCCC(O)CNc1ccncc1[N+](=O)[O-]. The molecule has 0 aliphatic rings. The summed E-state index contributed by atoms with van der Waals surface area (Å²) in [6, 6.07) is 1.52. The molecule has 1 unspecified atom stereocenters. The summed E-state index contributed by atoms with van der Waals surface area (Å²) in [5, 5.41) is 23.0. The van der Waals surface area contributed by atoms with Crippen molar-refractivity contribution < 1.29 is 10.0 Å². The molecule has 0 fully saturated rings. The number of nitro groups is 1. The predicted octanol–water partition coefficient (Wildman–Crippen LogP) is 1.56. The summed E-state index contributed by atoms with van der Waals surface area (Å²) in [4.78, 5) is 13.8. The van der Waals surface area contributed by atoms with Crippen molar-refractivity contribution in [2.24, 2.45) is 0 Å². The summed E-state index contributed by atoms with van der Waals surface area (Å²) in [5.41, 5.74) is 0.307. The minimum absolute atomic E-state index is 0.0776. The molecule has 16 heavy (non-hydrogen) atoms. The van der Waals surface area contributed by atoms with E-state index in [4.69, 9.17) is 0 Å². The van der Waals surface area contributed by atoms with E-state index in [0.29, 0.717) is 18.7 Å². The van der Waals surface area contributed by atoms with Crippen molar-refractivity contribution in [1.82, 2.24) is 4.98 Å². The van der Waals surface area contributed by atoms with Crippen molar-refractivity contribution in [3.63, 3.8) is 0 Å². The first-order valence-corrected chi connectivity index (χ1v) is 5.15. The number of pyridine rings is 1. The lowest BCUT2D eigenvalue weighted by Gasteiger charge is -2.11. The van der Waals surface area contributed by atoms with Crippen LogP contribution in [0.1, 0.15) is 19.8 Å². The van der Waals surface area contributed by atoms with E-state index in [2.05, 4.69) is 10.3 Å². The maximum atomic E-state index is 10.7. The number of nitrogens with one attached hydrogen (secondary N) is 1. The zero-order valence-electron chi connectivity index (χ0n) is 9.09. The molecule has 0 amide bonds. The second-order valence-electron chi connectivity index (χ2n) is 3.47. The zero-order chi connectivity index (χ0) is 12.0. The van der Waals surface area contributed by atoms with Gasteiger partial charge in [0, 0.05) is 12.7 Å². The molecule has 88 valence electrons. The van der Waals surface area contributed by atoms with Gasteiger partial charge < -0.3 is 10.4 Å². The summed E-state index contributed by atoms with van der Waals surface area (Å²) in [5.74, 6) is 0. The van der Waals surface area contributed by atoms with E-state index in [0.717, 1.165) is 6.42 Å². The van der Waals surface area contributed by atoms with Gasteiger partial charge in [-0.05, 0) is 12.5 Å². The van der Waals surface area contributed by atoms with Gasteiger partial charge in [-0.2, -0.15) is 0 Å². The van der Waals surface area contributed by atoms with Gasteiger partial charge in [-0.15, -0.1) is 0 Å². The van der Waals surface area contributed by atoms with Gasteiger partial charge in [0.2, 0.25) is 0 Å². The molecule has 0 saturated carbocycles. The minimum atomic E-state index is -0.498. The second-order valence-corrected chi connectivity index (χ2v) is 3.47. The lowest BCUT2D eigenvalue weighted by Crippen LogP contribution is -2.19. The van der Waals surface area contributed by atoms with E-state index in [1.165, 1.54) is 18.5 Å². The Morgan fingerprint density at radius 1 is 1.69 bits per heavy atom. The molecule has 0 spiro atoms. The molecule has 0 aliphatic heterocycles. The fraction of sp³-hybridized carbons (Fsp3) is 0.500. The van der Waals surface area contributed by atoms with Crippen LogP contribution in [0.15, 0.2) is 18.5 Å². The van der Waals surface area contributed by atoms with Gasteiger partial charge in [0.25, 0.3) is 0 Å². The van der Waals surface area contributed by atoms with Crippen LogP contribution in [0.4, 0.5) is 11.4 Å². The van der Waals surface area contributed by atoms with Crippen LogP contribution in [0.2, 0.25) is 0 Å². The van der Waals surface area contributed by atoms with Crippen molar-refractivity contribution >= 4 is 11.4 Å². The highest BCUT2D eigenvalue weighted by molar-refractivity contribution is 5.59. The fourth-order valence-electron chi connectivity index (χ4n) is 1.34. The van der Waals surface area contributed by atoms with Crippen LogP contribution < -0.4 is 5.32 Å². The van der Waals surface area contributed by atoms with Crippen LogP contribution in [-0.2, 0) is 0 Å². The molecule has 2 N–H and O–H groups in total. The first-order valence-electron chi connectivity index (χ1n) is 5.15. The van der Waals surface area contributed by atoms with E-state index in [1.54, 1.807) is 0 Å². The summed E-state index contributed by atoms with van der Waals surface area (Å²) in [6.07, 6.45) is 3.72. The van der Waals surface area contributed by atoms with Crippen LogP contribution in [0.5, 0.6) is 0 Å². The van der Waals surface area contributed by atoms with Crippen molar-refractivity contribution in [1.29, 1.82) is 0 Å². The van der Waals surface area contributed by atoms with Gasteiger partial charge in [-0.3, -0.25) is 15.1 Å². The van der Waals surface area contributed by atoms with Crippen LogP contribution in [0, 0.1) is 10.1 Å². The maximum absolute atomic E-state index is 10.7. The summed E-state index contributed by atoms with van der Waals surface area (Å²) < 4.78 is 0. The molecule has 6 heteroatoms. The van der Waals surface area contributed by atoms with Gasteiger partial charge in [-0.25, -0.2) is 0 Å². The molecule has 1 aromatic rings. The molecule has 0 aromatic carbocycles. The fourth-order valence-corrected chi connectivity index (χ4v) is 1.34. The van der Waals surface area contributed by atoms with Crippen LogP contribution in [0.25, 0.3) is 0 Å². The van der Waals surface area contributed by atoms with Crippen molar-refractivity contribution in [2.45, 2.75) is 25.9 Å². The molecular formula is C10H15N3O3. The largest absolute Gasteiger partial charge is 0.391 e. The topological polar surface area (TPSA) is 88.3 Å². The van der Waals surface area contributed by atoms with Gasteiger partial charge in [0.05, 0.1) is 11.0 Å². The molecule has 0 bridgehead atoms. The third-order valence-corrected chi connectivity index (χ3v) is 2.15. The number of aliphatic hydroxyl groups is 1. The molecule has 0 radical (unpaired) electrons. The number of aromatic nitrogens is 1. The molecule has 1 heterocycles. The molecule has 0 saturated heterocycles. The Kier molecular flexibility index (Phi) is 4.65. The Labute approximate surface area is 93.5 Å². The number of nitrogens with zero attached hydrogens (tertiary/aromatic N) is 2. The van der Waals surface area contributed by atoms with Crippen LogP contribution >= 0.6 is 0 Å². The van der Waals surface area contributed by atoms with E-state index in [1.807, 2.05) is 6.92 Å². The number of hydrogen-bond donors (Lipinski definition) is 2. The monoisotopic (exact) mass is 225 g/mol. The molecule has 6 nitrogen and oxygen atoms in total. The normalized spacial score (nSPS) is 12.1. The van der Waals surface area contributed by atoms with Gasteiger partial charge in [0.1, 0.15) is 11.9 Å². The third kappa shape index (κ3) is 3.47. The van der Waals surface area contributed by atoms with E-state index in [9.17, 15) is 15.2 Å². The number of aliphatic hydroxyl groups excluding tert-OH is 1. The van der Waals surface area contributed by atoms with E-state index >= 15 is 0 Å². The first-order chi connectivity index (χ1) is 7.65. The summed E-state index contributed by atoms with van der Waals surface area (Å²) >= 11 is 0. The van der Waals surface area contributed by atoms with E-state index in [-0.39, 0.29) is 5.69 Å². The molecular weight excluding hydrogens is 210 g/mol. The standard InChI is InChI=1S/C10H15N3O3/c1-2-3-8(14)6-12-9-4-5-11-7-10(9)13(15)16/h4-5,7-8,14H,2-3,6H2,1H3,(H,11,12).